The molecule has 0 aromatic rings. The maximum absolute atomic E-state index is 12.0. The fraction of sp³-hybridized carbons (Fsp3) is 0.786. The summed E-state index contributed by atoms with van der Waals surface area (Å²) in [6.07, 6.45) is 3.67. The van der Waals surface area contributed by atoms with Crippen LogP contribution in [0.2, 0.25) is 0 Å². The topological polar surface area (TPSA) is 80.7 Å². The molecule has 1 fully saturated rings. The van der Waals surface area contributed by atoms with Crippen molar-refractivity contribution >= 4 is 17.7 Å². The van der Waals surface area contributed by atoms with Crippen LogP contribution in [0, 0.1) is 11.3 Å². The molecule has 5 nitrogen and oxygen atoms in total. The molecule has 5 heteroatoms. The van der Waals surface area contributed by atoms with Gasteiger partial charge in [-0.15, -0.1) is 0 Å². The van der Waals surface area contributed by atoms with Crippen LogP contribution in [0.4, 0.5) is 0 Å². The highest BCUT2D eigenvalue weighted by Crippen LogP contribution is 2.47. The third-order valence-electron chi connectivity index (χ3n) is 4.03. The molecule has 2 unspecified atom stereocenters. The highest BCUT2D eigenvalue weighted by molar-refractivity contribution is 5.95. The van der Waals surface area contributed by atoms with Gasteiger partial charge in [-0.3, -0.25) is 14.4 Å². The molecule has 1 N–H and O–H groups in total. The van der Waals surface area contributed by atoms with Crippen LogP contribution >= 0.6 is 0 Å². The molecule has 0 heterocycles. The van der Waals surface area contributed by atoms with E-state index in [2.05, 4.69) is 6.92 Å². The molecule has 1 rings (SSSR count). The van der Waals surface area contributed by atoms with Gasteiger partial charge in [0.05, 0.1) is 18.9 Å². The summed E-state index contributed by atoms with van der Waals surface area (Å²) in [6, 6.07) is 0. The van der Waals surface area contributed by atoms with E-state index in [0.717, 1.165) is 19.3 Å². The lowest BCUT2D eigenvalue weighted by Gasteiger charge is -2.30. The van der Waals surface area contributed by atoms with E-state index in [1.165, 1.54) is 7.11 Å². The van der Waals surface area contributed by atoms with E-state index in [-0.39, 0.29) is 18.6 Å². The number of ether oxygens (including phenoxy) is 1. The number of rotatable bonds is 7. The van der Waals surface area contributed by atoms with Gasteiger partial charge in [0, 0.05) is 12.3 Å². The predicted octanol–water partition coefficient (Wildman–Crippen LogP) is 2.18. The molecule has 0 spiro atoms. The average Bonchev–Trinajstić information content (AvgIpc) is 2.67. The van der Waals surface area contributed by atoms with Gasteiger partial charge >= 0.3 is 11.9 Å². The van der Waals surface area contributed by atoms with Gasteiger partial charge in [0.15, 0.2) is 0 Å². The minimum atomic E-state index is -1.15. The number of hydrogen-bond acceptors (Lipinski definition) is 4. The first kappa shape index (κ1) is 15.7. The molecule has 1 aliphatic rings. The number of unbranched alkanes of at least 4 members (excludes halogenated alkanes) is 2. The Bertz CT molecular complexity index is 363. The number of ketones is 1. The van der Waals surface area contributed by atoms with Crippen LogP contribution < -0.4 is 0 Å². The number of Topliss-reactive ketones (excluding diaryl/α,β-unsaturated/α-hetero) is 1. The Hall–Kier alpha value is -1.39. The standard InChI is InChI=1S/C14H22O5/c1-3-4-5-6-10-11(15)7-8-14(10,9-12(16)17)13(18)19-2/h10H,3-9H2,1-2H3,(H,16,17). The summed E-state index contributed by atoms with van der Waals surface area (Å²) in [7, 11) is 1.25. The molecule has 0 aromatic carbocycles. The number of carboxylic acid groups (broad SMARTS) is 1. The van der Waals surface area contributed by atoms with Crippen LogP contribution in [0.15, 0.2) is 0 Å². The zero-order chi connectivity index (χ0) is 14.5. The second-order valence-corrected chi connectivity index (χ2v) is 5.23. The third kappa shape index (κ3) is 3.33. The molecular weight excluding hydrogens is 248 g/mol. The molecule has 0 amide bonds. The molecule has 1 saturated carbocycles. The van der Waals surface area contributed by atoms with Crippen LogP contribution in [-0.2, 0) is 19.1 Å². The van der Waals surface area contributed by atoms with Crippen LogP contribution in [0.3, 0.4) is 0 Å². The van der Waals surface area contributed by atoms with Crippen LogP contribution in [0.1, 0.15) is 51.9 Å². The van der Waals surface area contributed by atoms with Gasteiger partial charge in [-0.05, 0) is 12.8 Å². The summed E-state index contributed by atoms with van der Waals surface area (Å²) in [4.78, 5) is 35.1. The van der Waals surface area contributed by atoms with Crippen molar-refractivity contribution in [2.75, 3.05) is 7.11 Å². The zero-order valence-electron chi connectivity index (χ0n) is 11.6. The van der Waals surface area contributed by atoms with E-state index in [4.69, 9.17) is 9.84 Å². The van der Waals surface area contributed by atoms with Gasteiger partial charge in [-0.1, -0.05) is 26.2 Å². The lowest BCUT2D eigenvalue weighted by Crippen LogP contribution is -2.39. The Balaban J connectivity index is 2.94. The van der Waals surface area contributed by atoms with E-state index < -0.39 is 23.3 Å². The number of methoxy groups -OCH3 is 1. The SMILES string of the molecule is CCCCCC1C(=O)CCC1(CC(=O)O)C(=O)OC. The normalized spacial score (nSPS) is 26.4. The molecule has 0 saturated heterocycles. The highest BCUT2D eigenvalue weighted by Gasteiger charge is 2.54. The molecule has 0 bridgehead atoms. The zero-order valence-corrected chi connectivity index (χ0v) is 11.6. The summed E-state index contributed by atoms with van der Waals surface area (Å²) in [5, 5.41) is 9.04. The number of carboxylic acids is 1. The smallest absolute Gasteiger partial charge is 0.313 e. The van der Waals surface area contributed by atoms with Gasteiger partial charge in [0.25, 0.3) is 0 Å². The monoisotopic (exact) mass is 270 g/mol. The van der Waals surface area contributed by atoms with Crippen LogP contribution in [0.25, 0.3) is 0 Å². The van der Waals surface area contributed by atoms with Crippen molar-refractivity contribution in [3.05, 3.63) is 0 Å². The van der Waals surface area contributed by atoms with Crippen molar-refractivity contribution in [1.29, 1.82) is 0 Å². The predicted molar refractivity (Wildman–Crippen MR) is 68.6 cm³/mol. The molecule has 0 aromatic heterocycles. The van der Waals surface area contributed by atoms with Crippen molar-refractivity contribution in [3.63, 3.8) is 0 Å². The summed E-state index contributed by atoms with van der Waals surface area (Å²) >= 11 is 0. The van der Waals surface area contributed by atoms with Crippen molar-refractivity contribution in [2.24, 2.45) is 11.3 Å². The number of esters is 1. The summed E-state index contributed by atoms with van der Waals surface area (Å²) < 4.78 is 4.77. The van der Waals surface area contributed by atoms with Crippen molar-refractivity contribution < 1.29 is 24.2 Å². The van der Waals surface area contributed by atoms with Crippen molar-refractivity contribution in [1.82, 2.24) is 0 Å². The lowest BCUT2D eigenvalue weighted by molar-refractivity contribution is -0.162. The minimum absolute atomic E-state index is 0.00255. The van der Waals surface area contributed by atoms with Crippen LogP contribution in [0.5, 0.6) is 0 Å². The summed E-state index contributed by atoms with van der Waals surface area (Å²) in [6.45, 7) is 2.06. The van der Waals surface area contributed by atoms with E-state index in [9.17, 15) is 14.4 Å². The van der Waals surface area contributed by atoms with E-state index in [1.807, 2.05) is 0 Å². The second kappa shape index (κ2) is 6.68. The quantitative estimate of drug-likeness (QED) is 0.566. The van der Waals surface area contributed by atoms with Gasteiger partial charge in [-0.25, -0.2) is 0 Å². The van der Waals surface area contributed by atoms with Gasteiger partial charge in [0.1, 0.15) is 5.78 Å². The Morgan fingerprint density at radius 3 is 2.63 bits per heavy atom. The second-order valence-electron chi connectivity index (χ2n) is 5.23. The largest absolute Gasteiger partial charge is 0.481 e. The number of hydrogen-bond donors (Lipinski definition) is 1. The lowest BCUT2D eigenvalue weighted by atomic mass is 9.72. The van der Waals surface area contributed by atoms with E-state index in [1.54, 1.807) is 0 Å². The van der Waals surface area contributed by atoms with E-state index >= 15 is 0 Å². The summed E-state index contributed by atoms with van der Waals surface area (Å²) in [5.41, 5.74) is -1.15. The third-order valence-corrected chi connectivity index (χ3v) is 4.03. The fourth-order valence-corrected chi connectivity index (χ4v) is 3.04. The molecule has 0 aliphatic heterocycles. The summed E-state index contributed by atoms with van der Waals surface area (Å²) in [5.74, 6) is -2.10. The maximum atomic E-state index is 12.0. The number of carbonyl (C=O) groups excluding carboxylic acids is 2. The maximum Gasteiger partial charge on any atom is 0.313 e. The van der Waals surface area contributed by atoms with Crippen LogP contribution in [-0.4, -0.2) is 29.9 Å². The molecular formula is C14H22O5. The Labute approximate surface area is 113 Å². The van der Waals surface area contributed by atoms with Gasteiger partial charge < -0.3 is 9.84 Å². The van der Waals surface area contributed by atoms with Crippen molar-refractivity contribution in [2.45, 2.75) is 51.9 Å². The minimum Gasteiger partial charge on any atom is -0.481 e. The number of aliphatic carboxylic acids is 1. The van der Waals surface area contributed by atoms with Gasteiger partial charge in [0.2, 0.25) is 0 Å². The fourth-order valence-electron chi connectivity index (χ4n) is 3.04. The first-order valence-electron chi connectivity index (χ1n) is 6.81. The molecule has 1 aliphatic carbocycles. The Morgan fingerprint density at radius 1 is 1.42 bits per heavy atom. The first-order chi connectivity index (χ1) is 8.97. The first-order valence-corrected chi connectivity index (χ1v) is 6.81. The number of carbonyl (C=O) groups is 3. The molecule has 108 valence electrons. The molecule has 19 heavy (non-hydrogen) atoms. The Kier molecular flexibility index (Phi) is 5.51. The molecule has 2 atom stereocenters. The van der Waals surface area contributed by atoms with Crippen molar-refractivity contribution in [3.8, 4) is 0 Å². The molecule has 0 radical (unpaired) electrons. The van der Waals surface area contributed by atoms with Gasteiger partial charge in [-0.2, -0.15) is 0 Å². The highest BCUT2D eigenvalue weighted by atomic mass is 16.5. The van der Waals surface area contributed by atoms with E-state index in [0.29, 0.717) is 12.8 Å². The Morgan fingerprint density at radius 2 is 2.11 bits per heavy atom. The average molecular weight is 270 g/mol.